The summed E-state index contributed by atoms with van der Waals surface area (Å²) in [7, 11) is 0. The molecule has 0 radical (unpaired) electrons. The molecule has 0 aliphatic heterocycles. The van der Waals surface area contributed by atoms with Gasteiger partial charge < -0.3 is 9.73 Å². The fraction of sp³-hybridized carbons (Fsp3) is 0.333. The second-order valence-electron chi connectivity index (χ2n) is 4.31. The topological polar surface area (TPSA) is 25.2 Å². The van der Waals surface area contributed by atoms with Crippen LogP contribution in [-0.4, -0.2) is 6.54 Å². The van der Waals surface area contributed by atoms with Crippen LogP contribution in [0, 0.1) is 0 Å². The summed E-state index contributed by atoms with van der Waals surface area (Å²) >= 11 is 9.68. The molecule has 19 heavy (non-hydrogen) atoms. The summed E-state index contributed by atoms with van der Waals surface area (Å²) in [5.41, 5.74) is 1.09. The van der Waals surface area contributed by atoms with Gasteiger partial charge in [-0.3, -0.25) is 0 Å². The summed E-state index contributed by atoms with van der Waals surface area (Å²) < 4.78 is 6.90. The van der Waals surface area contributed by atoms with E-state index in [9.17, 15) is 0 Å². The van der Waals surface area contributed by atoms with Crippen LogP contribution in [0.15, 0.2) is 39.2 Å². The summed E-state index contributed by atoms with van der Waals surface area (Å²) in [5, 5.41) is 4.16. The van der Waals surface area contributed by atoms with Gasteiger partial charge in [0.2, 0.25) is 0 Å². The van der Waals surface area contributed by atoms with Crippen LogP contribution in [0.3, 0.4) is 0 Å². The van der Waals surface area contributed by atoms with Gasteiger partial charge in [0.15, 0.2) is 0 Å². The highest BCUT2D eigenvalue weighted by molar-refractivity contribution is 9.10. The highest BCUT2D eigenvalue weighted by atomic mass is 79.9. The molecule has 2 aromatic rings. The Kier molecular flexibility index (Phi) is 5.08. The lowest BCUT2D eigenvalue weighted by molar-refractivity contribution is 0.425. The Bertz CT molecular complexity index is 553. The molecule has 1 aromatic heterocycles. The molecule has 102 valence electrons. The molecule has 1 aromatic carbocycles. The van der Waals surface area contributed by atoms with Crippen LogP contribution in [0.5, 0.6) is 0 Å². The predicted octanol–water partition coefficient (Wildman–Crippen LogP) is 4.96. The first-order chi connectivity index (χ1) is 9.15. The highest BCUT2D eigenvalue weighted by Gasteiger charge is 2.19. The molecule has 1 unspecified atom stereocenters. The van der Waals surface area contributed by atoms with E-state index in [0.717, 1.165) is 39.5 Å². The third-order valence-corrected chi connectivity index (χ3v) is 3.95. The van der Waals surface area contributed by atoms with Crippen LogP contribution in [0.2, 0.25) is 5.02 Å². The van der Waals surface area contributed by atoms with Gasteiger partial charge >= 0.3 is 0 Å². The number of rotatable bonds is 5. The summed E-state index contributed by atoms with van der Waals surface area (Å²) in [6.07, 6.45) is 0.898. The van der Waals surface area contributed by atoms with Crippen molar-refractivity contribution in [3.8, 4) is 0 Å². The van der Waals surface area contributed by atoms with Crippen LogP contribution >= 0.6 is 27.5 Å². The first-order valence-corrected chi connectivity index (χ1v) is 7.59. The van der Waals surface area contributed by atoms with Crippen molar-refractivity contribution in [2.75, 3.05) is 6.54 Å². The molecule has 0 bridgehead atoms. The summed E-state index contributed by atoms with van der Waals surface area (Å²) in [5.74, 6) is 1.91. The number of hydrogen-bond acceptors (Lipinski definition) is 2. The standard InChI is InChI=1S/C15H17BrClNO/c1-3-11-6-8-14(19-11)15(18-4-2)12-9-10(17)5-7-13(12)16/h5-9,15,18H,3-4H2,1-2H3. The van der Waals surface area contributed by atoms with E-state index >= 15 is 0 Å². The SMILES string of the molecule is CCNC(c1ccc(CC)o1)c1cc(Cl)ccc1Br. The Morgan fingerprint density at radius 2 is 2.05 bits per heavy atom. The van der Waals surface area contributed by atoms with Crippen molar-refractivity contribution in [2.45, 2.75) is 26.3 Å². The number of benzene rings is 1. The lowest BCUT2D eigenvalue weighted by Crippen LogP contribution is -2.22. The maximum Gasteiger partial charge on any atom is 0.125 e. The number of nitrogens with one attached hydrogen (secondary N) is 1. The Hall–Kier alpha value is -0.770. The van der Waals surface area contributed by atoms with Crippen LogP contribution in [0.1, 0.15) is 37.0 Å². The second kappa shape index (κ2) is 6.60. The fourth-order valence-corrected chi connectivity index (χ4v) is 2.70. The quantitative estimate of drug-likeness (QED) is 0.831. The molecule has 1 atom stereocenters. The zero-order chi connectivity index (χ0) is 13.8. The van der Waals surface area contributed by atoms with E-state index in [2.05, 4.69) is 35.1 Å². The average molecular weight is 343 g/mol. The molecule has 0 fully saturated rings. The molecule has 0 saturated heterocycles. The van der Waals surface area contributed by atoms with Crippen LogP contribution in [-0.2, 0) is 6.42 Å². The van der Waals surface area contributed by atoms with Crippen molar-refractivity contribution in [1.29, 1.82) is 0 Å². The molecule has 4 heteroatoms. The molecule has 0 aliphatic carbocycles. The second-order valence-corrected chi connectivity index (χ2v) is 5.60. The van der Waals surface area contributed by atoms with E-state index in [4.69, 9.17) is 16.0 Å². The Morgan fingerprint density at radius 1 is 1.26 bits per heavy atom. The Morgan fingerprint density at radius 3 is 2.68 bits per heavy atom. The number of aryl methyl sites for hydroxylation is 1. The van der Waals surface area contributed by atoms with Crippen LogP contribution in [0.25, 0.3) is 0 Å². The van der Waals surface area contributed by atoms with Gasteiger partial charge in [0, 0.05) is 15.9 Å². The van der Waals surface area contributed by atoms with Crippen molar-refractivity contribution in [3.63, 3.8) is 0 Å². The zero-order valence-corrected chi connectivity index (χ0v) is 13.4. The van der Waals surface area contributed by atoms with E-state index < -0.39 is 0 Å². The molecule has 1 heterocycles. The lowest BCUT2D eigenvalue weighted by atomic mass is 10.0. The summed E-state index contributed by atoms with van der Waals surface area (Å²) in [4.78, 5) is 0. The third-order valence-electron chi connectivity index (χ3n) is 2.99. The minimum atomic E-state index is 0.0124. The van der Waals surface area contributed by atoms with Crippen LogP contribution < -0.4 is 5.32 Å². The van der Waals surface area contributed by atoms with Crippen molar-refractivity contribution in [2.24, 2.45) is 0 Å². The predicted molar refractivity (Wildman–Crippen MR) is 82.8 cm³/mol. The zero-order valence-electron chi connectivity index (χ0n) is 11.0. The number of halogens is 2. The summed E-state index contributed by atoms with van der Waals surface area (Å²) in [6.45, 7) is 5.01. The molecule has 1 N–H and O–H groups in total. The van der Waals surface area contributed by atoms with E-state index in [0.29, 0.717) is 0 Å². The van der Waals surface area contributed by atoms with Crippen molar-refractivity contribution in [3.05, 3.63) is 56.9 Å². The van der Waals surface area contributed by atoms with Crippen LogP contribution in [0.4, 0.5) is 0 Å². The molecule has 2 rings (SSSR count). The Balaban J connectivity index is 2.41. The van der Waals surface area contributed by atoms with E-state index in [-0.39, 0.29) is 6.04 Å². The van der Waals surface area contributed by atoms with E-state index in [1.54, 1.807) is 0 Å². The first-order valence-electron chi connectivity index (χ1n) is 6.42. The maximum absolute atomic E-state index is 6.10. The molecule has 0 amide bonds. The molecule has 2 nitrogen and oxygen atoms in total. The number of furan rings is 1. The highest BCUT2D eigenvalue weighted by Crippen LogP contribution is 2.31. The van der Waals surface area contributed by atoms with Gasteiger partial charge in [0.25, 0.3) is 0 Å². The van der Waals surface area contributed by atoms with Gasteiger partial charge in [0.1, 0.15) is 11.5 Å². The van der Waals surface area contributed by atoms with Gasteiger partial charge in [-0.2, -0.15) is 0 Å². The maximum atomic E-state index is 6.10. The van der Waals surface area contributed by atoms with E-state index in [1.807, 2.05) is 30.3 Å². The largest absolute Gasteiger partial charge is 0.464 e. The van der Waals surface area contributed by atoms with E-state index in [1.165, 1.54) is 0 Å². The minimum absolute atomic E-state index is 0.0124. The van der Waals surface area contributed by atoms with Gasteiger partial charge in [0.05, 0.1) is 6.04 Å². The monoisotopic (exact) mass is 341 g/mol. The fourth-order valence-electron chi connectivity index (χ4n) is 2.04. The van der Waals surface area contributed by atoms with Gasteiger partial charge in [-0.25, -0.2) is 0 Å². The molecule has 0 saturated carbocycles. The molecular formula is C15H17BrClNO. The lowest BCUT2D eigenvalue weighted by Gasteiger charge is -2.18. The molecule has 0 aliphatic rings. The molecular weight excluding hydrogens is 326 g/mol. The Labute approximate surface area is 127 Å². The minimum Gasteiger partial charge on any atom is -0.464 e. The van der Waals surface area contributed by atoms with Crippen molar-refractivity contribution in [1.82, 2.24) is 5.32 Å². The first kappa shape index (κ1) is 14.6. The average Bonchev–Trinajstić information content (AvgIpc) is 2.88. The van der Waals surface area contributed by atoms with Gasteiger partial charge in [-0.15, -0.1) is 0 Å². The van der Waals surface area contributed by atoms with Gasteiger partial charge in [-0.05, 0) is 42.4 Å². The molecule has 0 spiro atoms. The number of hydrogen-bond donors (Lipinski definition) is 1. The van der Waals surface area contributed by atoms with Gasteiger partial charge in [-0.1, -0.05) is 41.4 Å². The normalized spacial score (nSPS) is 12.6. The van der Waals surface area contributed by atoms with Crippen molar-refractivity contribution >= 4 is 27.5 Å². The summed E-state index contributed by atoms with van der Waals surface area (Å²) in [6, 6.07) is 9.87. The third kappa shape index (κ3) is 3.41. The smallest absolute Gasteiger partial charge is 0.125 e. The van der Waals surface area contributed by atoms with Crippen molar-refractivity contribution < 1.29 is 4.42 Å².